The molecule has 6 heteroatoms. The number of aliphatic hydroxyl groups excluding tert-OH is 1. The molecule has 0 saturated carbocycles. The number of hydrogen-bond acceptors (Lipinski definition) is 5. The minimum Gasteiger partial charge on any atom is -0.444 e. The first kappa shape index (κ1) is 11.6. The van der Waals surface area contributed by atoms with Gasteiger partial charge in [0.25, 0.3) is 0 Å². The molecule has 0 amide bonds. The van der Waals surface area contributed by atoms with E-state index in [1.54, 1.807) is 6.92 Å². The van der Waals surface area contributed by atoms with Crippen LogP contribution in [0.5, 0.6) is 0 Å². The Balaban J connectivity index is 2.25. The molecule has 1 aromatic rings. The molecule has 2 atom stereocenters. The fraction of sp³-hybridized carbons (Fsp3) is 0.700. The number of aliphatic hydroxyl groups is 1. The first-order valence-electron chi connectivity index (χ1n) is 5.32. The van der Waals surface area contributed by atoms with E-state index < -0.39 is 15.1 Å². The summed E-state index contributed by atoms with van der Waals surface area (Å²) in [5.74, 6) is 0.878. The predicted molar refractivity (Wildman–Crippen MR) is 57.8 cm³/mol. The largest absolute Gasteiger partial charge is 0.444 e. The van der Waals surface area contributed by atoms with Gasteiger partial charge in [0, 0.05) is 5.92 Å². The van der Waals surface area contributed by atoms with Gasteiger partial charge in [0.05, 0.1) is 18.6 Å². The summed E-state index contributed by atoms with van der Waals surface area (Å²) >= 11 is 0. The standard InChI is InChI=1S/C10H15NO4S/c1-7(6-12)8-5-11-10(15-8)9-3-2-4-16(9,13)14/h5,7,9,12H,2-4,6H2,1H3. The van der Waals surface area contributed by atoms with Crippen LogP contribution in [0.4, 0.5) is 0 Å². The maximum Gasteiger partial charge on any atom is 0.212 e. The Kier molecular flexibility index (Phi) is 3.03. The Morgan fingerprint density at radius 3 is 3.00 bits per heavy atom. The molecule has 1 aromatic heterocycles. The zero-order chi connectivity index (χ0) is 11.8. The van der Waals surface area contributed by atoms with Crippen molar-refractivity contribution in [2.24, 2.45) is 0 Å². The highest BCUT2D eigenvalue weighted by atomic mass is 32.2. The minimum atomic E-state index is -3.08. The van der Waals surface area contributed by atoms with Crippen LogP contribution >= 0.6 is 0 Å². The van der Waals surface area contributed by atoms with Crippen molar-refractivity contribution in [1.29, 1.82) is 0 Å². The highest BCUT2D eigenvalue weighted by Gasteiger charge is 2.36. The van der Waals surface area contributed by atoms with Gasteiger partial charge in [-0.05, 0) is 12.8 Å². The monoisotopic (exact) mass is 245 g/mol. The van der Waals surface area contributed by atoms with E-state index in [0.717, 1.165) is 0 Å². The lowest BCUT2D eigenvalue weighted by Crippen LogP contribution is -2.08. The molecule has 90 valence electrons. The van der Waals surface area contributed by atoms with Crippen molar-refractivity contribution in [3.05, 3.63) is 17.8 Å². The summed E-state index contributed by atoms with van der Waals surface area (Å²) in [5, 5.41) is 8.37. The van der Waals surface area contributed by atoms with Crippen LogP contribution in [0.1, 0.15) is 42.6 Å². The van der Waals surface area contributed by atoms with Crippen LogP contribution in [0.2, 0.25) is 0 Å². The van der Waals surface area contributed by atoms with Gasteiger partial charge in [-0.15, -0.1) is 0 Å². The van der Waals surface area contributed by atoms with Crippen molar-refractivity contribution in [2.75, 3.05) is 12.4 Å². The van der Waals surface area contributed by atoms with Gasteiger partial charge in [-0.25, -0.2) is 13.4 Å². The molecule has 0 radical (unpaired) electrons. The fourth-order valence-corrected chi connectivity index (χ4v) is 3.63. The van der Waals surface area contributed by atoms with E-state index in [4.69, 9.17) is 9.52 Å². The Hall–Kier alpha value is -0.880. The van der Waals surface area contributed by atoms with Crippen LogP contribution in [0.25, 0.3) is 0 Å². The second-order valence-corrected chi connectivity index (χ2v) is 6.49. The fourth-order valence-electron chi connectivity index (χ4n) is 1.84. The van der Waals surface area contributed by atoms with Gasteiger partial charge in [0.15, 0.2) is 9.84 Å². The summed E-state index contributed by atoms with van der Waals surface area (Å²) < 4.78 is 28.7. The molecule has 5 nitrogen and oxygen atoms in total. The van der Waals surface area contributed by atoms with Crippen molar-refractivity contribution < 1.29 is 17.9 Å². The van der Waals surface area contributed by atoms with E-state index in [2.05, 4.69) is 4.98 Å². The summed E-state index contributed by atoms with van der Waals surface area (Å²) in [6.07, 6.45) is 2.75. The lowest BCUT2D eigenvalue weighted by molar-refractivity contribution is 0.255. The van der Waals surface area contributed by atoms with E-state index in [-0.39, 0.29) is 24.2 Å². The van der Waals surface area contributed by atoms with Crippen LogP contribution in [-0.2, 0) is 9.84 Å². The molecule has 1 aliphatic heterocycles. The molecule has 1 N–H and O–H groups in total. The van der Waals surface area contributed by atoms with Crippen molar-refractivity contribution in [3.63, 3.8) is 0 Å². The molecule has 0 bridgehead atoms. The number of rotatable bonds is 3. The van der Waals surface area contributed by atoms with E-state index >= 15 is 0 Å². The third-order valence-corrected chi connectivity index (χ3v) is 5.07. The SMILES string of the molecule is CC(CO)c1cnc(C2CCCS2(=O)=O)o1. The molecule has 2 heterocycles. The molecule has 0 aromatic carbocycles. The first-order valence-corrected chi connectivity index (χ1v) is 7.04. The maximum absolute atomic E-state index is 11.7. The second kappa shape index (κ2) is 4.18. The van der Waals surface area contributed by atoms with Gasteiger partial charge in [-0.1, -0.05) is 6.92 Å². The molecule has 2 unspecified atom stereocenters. The first-order chi connectivity index (χ1) is 7.54. The number of aromatic nitrogens is 1. The molecular weight excluding hydrogens is 230 g/mol. The van der Waals surface area contributed by atoms with E-state index in [0.29, 0.717) is 18.6 Å². The topological polar surface area (TPSA) is 80.4 Å². The van der Waals surface area contributed by atoms with Crippen molar-refractivity contribution in [3.8, 4) is 0 Å². The van der Waals surface area contributed by atoms with Gasteiger partial charge in [0.1, 0.15) is 11.0 Å². The summed E-state index contributed by atoms with van der Waals surface area (Å²) in [4.78, 5) is 4.01. The molecule has 1 saturated heterocycles. The summed E-state index contributed by atoms with van der Waals surface area (Å²) in [6.45, 7) is 1.76. The van der Waals surface area contributed by atoms with Crippen molar-refractivity contribution >= 4 is 9.84 Å². The quantitative estimate of drug-likeness (QED) is 0.860. The van der Waals surface area contributed by atoms with Crippen LogP contribution in [0, 0.1) is 0 Å². The highest BCUT2D eigenvalue weighted by Crippen LogP contribution is 2.34. The lowest BCUT2D eigenvalue weighted by atomic mass is 10.1. The van der Waals surface area contributed by atoms with Crippen LogP contribution in [-0.4, -0.2) is 30.9 Å². The van der Waals surface area contributed by atoms with Gasteiger partial charge in [-0.2, -0.15) is 0 Å². The normalized spacial score (nSPS) is 25.8. The third kappa shape index (κ3) is 1.99. The van der Waals surface area contributed by atoms with E-state index in [9.17, 15) is 8.42 Å². The molecule has 0 spiro atoms. The molecular formula is C10H15NO4S. The number of oxazole rings is 1. The number of sulfone groups is 1. The Bertz CT molecular complexity index is 465. The zero-order valence-electron chi connectivity index (χ0n) is 9.09. The minimum absolute atomic E-state index is 0.0357. The van der Waals surface area contributed by atoms with Crippen LogP contribution < -0.4 is 0 Å². The molecule has 0 aliphatic carbocycles. The summed E-state index contributed by atoms with van der Waals surface area (Å²) in [7, 11) is -3.08. The van der Waals surface area contributed by atoms with Gasteiger partial charge in [-0.3, -0.25) is 0 Å². The van der Waals surface area contributed by atoms with E-state index in [1.807, 2.05) is 0 Å². The predicted octanol–water partition coefficient (Wildman–Crippen LogP) is 1.02. The molecule has 2 rings (SSSR count). The number of nitrogens with zero attached hydrogens (tertiary/aromatic N) is 1. The van der Waals surface area contributed by atoms with Crippen molar-refractivity contribution in [2.45, 2.75) is 30.9 Å². The lowest BCUT2D eigenvalue weighted by Gasteiger charge is -2.05. The molecule has 16 heavy (non-hydrogen) atoms. The smallest absolute Gasteiger partial charge is 0.212 e. The molecule has 1 aliphatic rings. The average Bonchev–Trinajstić information content (AvgIpc) is 2.82. The molecule has 1 fully saturated rings. The van der Waals surface area contributed by atoms with E-state index in [1.165, 1.54) is 6.20 Å². The van der Waals surface area contributed by atoms with Crippen LogP contribution in [0.3, 0.4) is 0 Å². The Morgan fingerprint density at radius 1 is 1.69 bits per heavy atom. The van der Waals surface area contributed by atoms with Gasteiger partial charge in [0.2, 0.25) is 5.89 Å². The van der Waals surface area contributed by atoms with Gasteiger partial charge >= 0.3 is 0 Å². The van der Waals surface area contributed by atoms with Crippen LogP contribution in [0.15, 0.2) is 10.6 Å². The number of hydrogen-bond donors (Lipinski definition) is 1. The Morgan fingerprint density at radius 2 is 2.44 bits per heavy atom. The highest BCUT2D eigenvalue weighted by molar-refractivity contribution is 7.91. The second-order valence-electron chi connectivity index (χ2n) is 4.18. The summed E-state index contributed by atoms with van der Waals surface area (Å²) in [6, 6.07) is 0. The van der Waals surface area contributed by atoms with Gasteiger partial charge < -0.3 is 9.52 Å². The third-order valence-electron chi connectivity index (χ3n) is 2.91. The zero-order valence-corrected chi connectivity index (χ0v) is 9.90. The van der Waals surface area contributed by atoms with Crippen molar-refractivity contribution in [1.82, 2.24) is 4.98 Å². The maximum atomic E-state index is 11.7. The average molecular weight is 245 g/mol. The Labute approximate surface area is 94.4 Å². The summed E-state index contributed by atoms with van der Waals surface area (Å²) in [5.41, 5.74) is 0.